The standard InChI is InChI=1S/C16H25NO/c1-12-7-6-9-15(13(12)2)17-11-14-8-4-5-10-16(14)18-3/h4-5,8,10,12-13,15,17H,6-7,9,11H2,1-3H3/p+1/t12-,13-,15-/m1/s1. The second kappa shape index (κ2) is 6.24. The summed E-state index contributed by atoms with van der Waals surface area (Å²) in [4.78, 5) is 0. The summed E-state index contributed by atoms with van der Waals surface area (Å²) in [6.45, 7) is 5.84. The summed E-state index contributed by atoms with van der Waals surface area (Å²) < 4.78 is 5.41. The van der Waals surface area contributed by atoms with E-state index in [9.17, 15) is 0 Å². The Hall–Kier alpha value is -1.02. The first-order valence-corrected chi connectivity index (χ1v) is 7.17. The maximum atomic E-state index is 5.41. The van der Waals surface area contributed by atoms with E-state index in [4.69, 9.17) is 4.74 Å². The lowest BCUT2D eigenvalue weighted by atomic mass is 9.78. The van der Waals surface area contributed by atoms with Crippen LogP contribution in [0.15, 0.2) is 24.3 Å². The minimum absolute atomic E-state index is 0.777. The molecule has 0 bridgehead atoms. The fourth-order valence-corrected chi connectivity index (χ4v) is 3.11. The highest BCUT2D eigenvalue weighted by molar-refractivity contribution is 5.32. The summed E-state index contributed by atoms with van der Waals surface area (Å²) in [6, 6.07) is 9.13. The van der Waals surface area contributed by atoms with Crippen molar-refractivity contribution in [3.05, 3.63) is 29.8 Å². The topological polar surface area (TPSA) is 25.8 Å². The molecule has 100 valence electrons. The Morgan fingerprint density at radius 3 is 2.78 bits per heavy atom. The summed E-state index contributed by atoms with van der Waals surface area (Å²) in [7, 11) is 1.75. The van der Waals surface area contributed by atoms with E-state index in [0.717, 1.165) is 30.2 Å². The van der Waals surface area contributed by atoms with Crippen molar-refractivity contribution in [1.29, 1.82) is 0 Å². The number of methoxy groups -OCH3 is 1. The first kappa shape index (κ1) is 13.4. The van der Waals surface area contributed by atoms with Gasteiger partial charge in [0.1, 0.15) is 12.3 Å². The van der Waals surface area contributed by atoms with Crippen LogP contribution in [0.5, 0.6) is 5.75 Å². The molecule has 0 heterocycles. The molecule has 0 spiro atoms. The molecule has 1 aliphatic carbocycles. The lowest BCUT2D eigenvalue weighted by Gasteiger charge is -2.32. The third-order valence-electron chi connectivity index (χ3n) is 4.60. The number of rotatable bonds is 4. The predicted octanol–water partition coefficient (Wildman–Crippen LogP) is 2.58. The van der Waals surface area contributed by atoms with Gasteiger partial charge in [-0.2, -0.15) is 0 Å². The number of hydrogen-bond acceptors (Lipinski definition) is 1. The second-order valence-electron chi connectivity index (χ2n) is 5.68. The number of benzene rings is 1. The maximum Gasteiger partial charge on any atom is 0.127 e. The van der Waals surface area contributed by atoms with Gasteiger partial charge in [-0.1, -0.05) is 26.0 Å². The number of hydrogen-bond donors (Lipinski definition) is 1. The van der Waals surface area contributed by atoms with E-state index < -0.39 is 0 Å². The van der Waals surface area contributed by atoms with Crippen molar-refractivity contribution >= 4 is 0 Å². The van der Waals surface area contributed by atoms with E-state index in [1.165, 1.54) is 24.8 Å². The number of quaternary nitrogens is 1. The Morgan fingerprint density at radius 1 is 1.22 bits per heavy atom. The Labute approximate surface area is 111 Å². The molecule has 0 unspecified atom stereocenters. The van der Waals surface area contributed by atoms with Gasteiger partial charge in [-0.25, -0.2) is 0 Å². The van der Waals surface area contributed by atoms with Crippen molar-refractivity contribution in [3.8, 4) is 5.75 Å². The van der Waals surface area contributed by atoms with E-state index >= 15 is 0 Å². The molecule has 2 N–H and O–H groups in total. The average molecular weight is 248 g/mol. The van der Waals surface area contributed by atoms with Crippen LogP contribution in [-0.2, 0) is 6.54 Å². The van der Waals surface area contributed by atoms with Crippen LogP contribution in [0.25, 0.3) is 0 Å². The normalized spacial score (nSPS) is 28.1. The predicted molar refractivity (Wildman–Crippen MR) is 74.6 cm³/mol. The Kier molecular flexibility index (Phi) is 4.65. The largest absolute Gasteiger partial charge is 0.496 e. The van der Waals surface area contributed by atoms with E-state index in [-0.39, 0.29) is 0 Å². The van der Waals surface area contributed by atoms with Crippen molar-refractivity contribution in [3.63, 3.8) is 0 Å². The van der Waals surface area contributed by atoms with E-state index in [2.05, 4.69) is 37.4 Å². The lowest BCUT2D eigenvalue weighted by molar-refractivity contribution is -0.713. The van der Waals surface area contributed by atoms with Gasteiger partial charge in [0.2, 0.25) is 0 Å². The Morgan fingerprint density at radius 2 is 2.00 bits per heavy atom. The molecule has 1 aromatic carbocycles. The summed E-state index contributed by atoms with van der Waals surface area (Å²) in [5, 5.41) is 2.51. The molecular formula is C16H26NO+. The van der Waals surface area contributed by atoms with Crippen molar-refractivity contribution < 1.29 is 10.1 Å². The average Bonchev–Trinajstić information content (AvgIpc) is 2.41. The van der Waals surface area contributed by atoms with Gasteiger partial charge in [0.15, 0.2) is 0 Å². The molecule has 2 heteroatoms. The summed E-state index contributed by atoms with van der Waals surface area (Å²) >= 11 is 0. The molecule has 0 amide bonds. The molecule has 1 aromatic rings. The van der Waals surface area contributed by atoms with Gasteiger partial charge in [0.25, 0.3) is 0 Å². The van der Waals surface area contributed by atoms with Gasteiger partial charge in [0.05, 0.1) is 13.2 Å². The van der Waals surface area contributed by atoms with Crippen LogP contribution >= 0.6 is 0 Å². The van der Waals surface area contributed by atoms with Crippen molar-refractivity contribution in [2.45, 2.75) is 45.7 Å². The van der Waals surface area contributed by atoms with Gasteiger partial charge in [-0.15, -0.1) is 0 Å². The second-order valence-corrected chi connectivity index (χ2v) is 5.68. The van der Waals surface area contributed by atoms with Crippen LogP contribution < -0.4 is 10.1 Å². The Balaban J connectivity index is 1.94. The quantitative estimate of drug-likeness (QED) is 0.870. The minimum atomic E-state index is 0.777. The molecule has 2 rings (SSSR count). The van der Waals surface area contributed by atoms with Crippen molar-refractivity contribution in [2.75, 3.05) is 7.11 Å². The van der Waals surface area contributed by atoms with Gasteiger partial charge in [-0.3, -0.25) is 0 Å². The van der Waals surface area contributed by atoms with E-state index in [1.807, 2.05) is 6.07 Å². The molecule has 1 aliphatic rings. The van der Waals surface area contributed by atoms with E-state index in [0.29, 0.717) is 0 Å². The van der Waals surface area contributed by atoms with Gasteiger partial charge in [-0.05, 0) is 37.3 Å². The number of ether oxygens (including phenoxy) is 1. The molecule has 18 heavy (non-hydrogen) atoms. The summed E-state index contributed by atoms with van der Waals surface area (Å²) in [6.07, 6.45) is 4.15. The van der Waals surface area contributed by atoms with Crippen molar-refractivity contribution in [1.82, 2.24) is 0 Å². The fraction of sp³-hybridized carbons (Fsp3) is 0.625. The van der Waals surface area contributed by atoms with Crippen LogP contribution in [0.1, 0.15) is 38.7 Å². The van der Waals surface area contributed by atoms with Gasteiger partial charge in [0, 0.05) is 11.5 Å². The maximum absolute atomic E-state index is 5.41. The smallest absolute Gasteiger partial charge is 0.127 e. The summed E-state index contributed by atoms with van der Waals surface area (Å²) in [5.41, 5.74) is 1.31. The zero-order chi connectivity index (χ0) is 13.0. The van der Waals surface area contributed by atoms with Crippen LogP contribution in [0.2, 0.25) is 0 Å². The highest BCUT2D eigenvalue weighted by Crippen LogP contribution is 2.27. The third kappa shape index (κ3) is 3.05. The van der Waals surface area contributed by atoms with Crippen LogP contribution in [-0.4, -0.2) is 13.2 Å². The fourth-order valence-electron chi connectivity index (χ4n) is 3.11. The molecule has 2 nitrogen and oxygen atoms in total. The van der Waals surface area contributed by atoms with Crippen molar-refractivity contribution in [2.24, 2.45) is 11.8 Å². The third-order valence-corrected chi connectivity index (χ3v) is 4.60. The summed E-state index contributed by atoms with van der Waals surface area (Å²) in [5.74, 6) is 2.72. The van der Waals surface area contributed by atoms with Crippen LogP contribution in [0, 0.1) is 11.8 Å². The first-order valence-electron chi connectivity index (χ1n) is 7.17. The highest BCUT2D eigenvalue weighted by Gasteiger charge is 2.29. The van der Waals surface area contributed by atoms with Gasteiger partial charge >= 0.3 is 0 Å². The molecule has 0 radical (unpaired) electrons. The van der Waals surface area contributed by atoms with Crippen LogP contribution in [0.3, 0.4) is 0 Å². The SMILES string of the molecule is COc1ccccc1C[NH2+][C@@H]1CCC[C@@H](C)[C@H]1C. The molecule has 1 fully saturated rings. The zero-order valence-corrected chi connectivity index (χ0v) is 11.9. The first-order chi connectivity index (χ1) is 8.72. The lowest BCUT2D eigenvalue weighted by Crippen LogP contribution is -2.90. The Bertz CT molecular complexity index is 377. The van der Waals surface area contributed by atoms with Crippen LogP contribution in [0.4, 0.5) is 0 Å². The number of para-hydroxylation sites is 1. The molecule has 0 aromatic heterocycles. The minimum Gasteiger partial charge on any atom is -0.496 e. The molecule has 0 aliphatic heterocycles. The number of nitrogens with two attached hydrogens (primary N) is 1. The zero-order valence-electron chi connectivity index (χ0n) is 11.9. The van der Waals surface area contributed by atoms with E-state index in [1.54, 1.807) is 7.11 Å². The monoisotopic (exact) mass is 248 g/mol. The highest BCUT2D eigenvalue weighted by atomic mass is 16.5. The van der Waals surface area contributed by atoms with Gasteiger partial charge < -0.3 is 10.1 Å². The molecular weight excluding hydrogens is 222 g/mol. The molecule has 1 saturated carbocycles. The molecule has 0 saturated heterocycles. The molecule has 3 atom stereocenters.